The van der Waals surface area contributed by atoms with Crippen molar-refractivity contribution in [3.8, 4) is 0 Å². The van der Waals surface area contributed by atoms with Crippen LogP contribution >= 0.6 is 0 Å². The van der Waals surface area contributed by atoms with Crippen LogP contribution in [0.4, 0.5) is 5.69 Å². The summed E-state index contributed by atoms with van der Waals surface area (Å²) in [6.07, 6.45) is 2.15. The van der Waals surface area contributed by atoms with Gasteiger partial charge in [0.15, 0.2) is 0 Å². The summed E-state index contributed by atoms with van der Waals surface area (Å²) in [4.78, 5) is 2.26. The number of aliphatic hydroxyl groups excluding tert-OH is 1. The number of rotatable bonds is 6. The maximum Gasteiger partial charge on any atom is 0.0606 e. The second kappa shape index (κ2) is 6.46. The molecule has 0 atom stereocenters. The largest absolute Gasteiger partial charge is 0.395 e. The van der Waals surface area contributed by atoms with Gasteiger partial charge in [0, 0.05) is 18.8 Å². The van der Waals surface area contributed by atoms with E-state index in [1.54, 1.807) is 0 Å². The summed E-state index contributed by atoms with van der Waals surface area (Å²) >= 11 is 0. The van der Waals surface area contributed by atoms with Crippen LogP contribution in [0.3, 0.4) is 0 Å². The zero-order chi connectivity index (χ0) is 11.1. The molecule has 0 saturated carbocycles. The number of anilines is 1. The third-order valence-electron chi connectivity index (χ3n) is 2.58. The fraction of sp³-hybridized carbons (Fsp3) is 0.538. The van der Waals surface area contributed by atoms with Gasteiger partial charge < -0.3 is 10.0 Å². The predicted octanol–water partition coefficient (Wildman–Crippen LogP) is 2.46. The SMILES string of the molecule is CCCN(CCO)c1ccccc1CC. The van der Waals surface area contributed by atoms with E-state index in [1.807, 2.05) is 0 Å². The minimum absolute atomic E-state index is 0.220. The maximum atomic E-state index is 9.05. The number of para-hydroxylation sites is 1. The van der Waals surface area contributed by atoms with Crippen molar-refractivity contribution in [1.29, 1.82) is 0 Å². The first kappa shape index (κ1) is 12.1. The Hall–Kier alpha value is -1.02. The van der Waals surface area contributed by atoms with Crippen LogP contribution in [0, 0.1) is 0 Å². The second-order valence-electron chi connectivity index (χ2n) is 3.69. The van der Waals surface area contributed by atoms with Crippen LogP contribution in [0.5, 0.6) is 0 Å². The molecule has 0 aliphatic carbocycles. The number of benzene rings is 1. The Morgan fingerprint density at radius 1 is 1.13 bits per heavy atom. The molecule has 0 amide bonds. The topological polar surface area (TPSA) is 23.5 Å². The lowest BCUT2D eigenvalue weighted by molar-refractivity contribution is 0.301. The molecule has 0 unspecified atom stereocenters. The molecule has 2 nitrogen and oxygen atoms in total. The third-order valence-corrected chi connectivity index (χ3v) is 2.58. The lowest BCUT2D eigenvalue weighted by Gasteiger charge is -2.25. The van der Waals surface area contributed by atoms with Gasteiger partial charge in [-0.1, -0.05) is 32.0 Å². The van der Waals surface area contributed by atoms with Crippen LogP contribution in [0.25, 0.3) is 0 Å². The van der Waals surface area contributed by atoms with E-state index >= 15 is 0 Å². The van der Waals surface area contributed by atoms with Crippen molar-refractivity contribution >= 4 is 5.69 Å². The van der Waals surface area contributed by atoms with E-state index in [1.165, 1.54) is 11.3 Å². The Bertz CT molecular complexity index is 280. The Morgan fingerprint density at radius 3 is 2.47 bits per heavy atom. The van der Waals surface area contributed by atoms with E-state index in [0.717, 1.165) is 25.9 Å². The number of hydrogen-bond donors (Lipinski definition) is 1. The lowest BCUT2D eigenvalue weighted by Crippen LogP contribution is -2.28. The summed E-state index contributed by atoms with van der Waals surface area (Å²) in [5.41, 5.74) is 2.63. The van der Waals surface area contributed by atoms with Crippen molar-refractivity contribution < 1.29 is 5.11 Å². The van der Waals surface area contributed by atoms with Gasteiger partial charge in [0.2, 0.25) is 0 Å². The minimum atomic E-state index is 0.220. The summed E-state index contributed by atoms with van der Waals surface area (Å²) in [5, 5.41) is 9.05. The van der Waals surface area contributed by atoms with Gasteiger partial charge in [-0.15, -0.1) is 0 Å². The Labute approximate surface area is 92.5 Å². The van der Waals surface area contributed by atoms with E-state index < -0.39 is 0 Å². The molecular weight excluding hydrogens is 186 g/mol. The van der Waals surface area contributed by atoms with E-state index in [9.17, 15) is 0 Å². The van der Waals surface area contributed by atoms with Crippen molar-refractivity contribution in [2.75, 3.05) is 24.6 Å². The molecule has 0 heterocycles. The zero-order valence-electron chi connectivity index (χ0n) is 9.74. The average Bonchev–Trinajstić information content (AvgIpc) is 2.29. The molecule has 1 aromatic carbocycles. The summed E-state index contributed by atoms with van der Waals surface area (Å²) in [6, 6.07) is 8.44. The van der Waals surface area contributed by atoms with Gasteiger partial charge in [-0.05, 0) is 24.5 Å². The first-order chi connectivity index (χ1) is 7.33. The highest BCUT2D eigenvalue weighted by molar-refractivity contribution is 5.53. The average molecular weight is 207 g/mol. The molecular formula is C13H21NO. The molecule has 0 spiro atoms. The smallest absolute Gasteiger partial charge is 0.0606 e. The monoisotopic (exact) mass is 207 g/mol. The van der Waals surface area contributed by atoms with Crippen molar-refractivity contribution in [3.05, 3.63) is 29.8 Å². The molecule has 0 aliphatic rings. The summed E-state index contributed by atoms with van der Waals surface area (Å²) in [7, 11) is 0. The molecule has 0 aromatic heterocycles. The molecule has 0 aliphatic heterocycles. The lowest BCUT2D eigenvalue weighted by atomic mass is 10.1. The van der Waals surface area contributed by atoms with Crippen LogP contribution in [0.2, 0.25) is 0 Å². The molecule has 0 fully saturated rings. The van der Waals surface area contributed by atoms with Gasteiger partial charge in [0.25, 0.3) is 0 Å². The van der Waals surface area contributed by atoms with Gasteiger partial charge >= 0.3 is 0 Å². The number of aliphatic hydroxyl groups is 1. The number of hydrogen-bond acceptors (Lipinski definition) is 2. The molecule has 0 saturated heterocycles. The van der Waals surface area contributed by atoms with Crippen molar-refractivity contribution in [1.82, 2.24) is 0 Å². The van der Waals surface area contributed by atoms with Crippen LogP contribution in [0.1, 0.15) is 25.8 Å². The van der Waals surface area contributed by atoms with Crippen molar-refractivity contribution in [3.63, 3.8) is 0 Å². The fourth-order valence-corrected chi connectivity index (χ4v) is 1.86. The Morgan fingerprint density at radius 2 is 1.87 bits per heavy atom. The fourth-order valence-electron chi connectivity index (χ4n) is 1.86. The van der Waals surface area contributed by atoms with Crippen molar-refractivity contribution in [2.24, 2.45) is 0 Å². The molecule has 0 bridgehead atoms. The molecule has 0 radical (unpaired) electrons. The summed E-state index contributed by atoms with van der Waals surface area (Å²) in [5.74, 6) is 0. The highest BCUT2D eigenvalue weighted by Gasteiger charge is 2.07. The molecule has 2 heteroatoms. The Kier molecular flexibility index (Phi) is 5.19. The zero-order valence-corrected chi connectivity index (χ0v) is 9.74. The highest BCUT2D eigenvalue weighted by atomic mass is 16.3. The van der Waals surface area contributed by atoms with Gasteiger partial charge in [-0.25, -0.2) is 0 Å². The maximum absolute atomic E-state index is 9.05. The van der Waals surface area contributed by atoms with E-state index in [0.29, 0.717) is 0 Å². The van der Waals surface area contributed by atoms with Crippen molar-refractivity contribution in [2.45, 2.75) is 26.7 Å². The van der Waals surface area contributed by atoms with Gasteiger partial charge in [-0.3, -0.25) is 0 Å². The minimum Gasteiger partial charge on any atom is -0.395 e. The van der Waals surface area contributed by atoms with E-state index in [2.05, 4.69) is 43.0 Å². The second-order valence-corrected chi connectivity index (χ2v) is 3.69. The van der Waals surface area contributed by atoms with Crippen LogP contribution in [0.15, 0.2) is 24.3 Å². The molecule has 15 heavy (non-hydrogen) atoms. The molecule has 1 rings (SSSR count). The Balaban J connectivity index is 2.88. The highest BCUT2D eigenvalue weighted by Crippen LogP contribution is 2.20. The first-order valence-corrected chi connectivity index (χ1v) is 5.77. The number of aryl methyl sites for hydroxylation is 1. The van der Waals surface area contributed by atoms with E-state index in [-0.39, 0.29) is 6.61 Å². The van der Waals surface area contributed by atoms with Gasteiger partial charge in [0.05, 0.1) is 6.61 Å². The normalized spacial score (nSPS) is 10.3. The van der Waals surface area contributed by atoms with Crippen LogP contribution < -0.4 is 4.90 Å². The predicted molar refractivity (Wildman–Crippen MR) is 65.4 cm³/mol. The van der Waals surface area contributed by atoms with Crippen LogP contribution in [-0.2, 0) is 6.42 Å². The van der Waals surface area contributed by atoms with E-state index in [4.69, 9.17) is 5.11 Å². The molecule has 1 aromatic rings. The number of nitrogens with zero attached hydrogens (tertiary/aromatic N) is 1. The summed E-state index contributed by atoms with van der Waals surface area (Å²) in [6.45, 7) is 6.29. The van der Waals surface area contributed by atoms with Gasteiger partial charge in [-0.2, -0.15) is 0 Å². The van der Waals surface area contributed by atoms with Crippen LogP contribution in [-0.4, -0.2) is 24.8 Å². The third kappa shape index (κ3) is 3.24. The summed E-state index contributed by atoms with van der Waals surface area (Å²) < 4.78 is 0. The first-order valence-electron chi connectivity index (χ1n) is 5.77. The van der Waals surface area contributed by atoms with Gasteiger partial charge in [0.1, 0.15) is 0 Å². The molecule has 84 valence electrons. The molecule has 1 N–H and O–H groups in total. The quantitative estimate of drug-likeness (QED) is 0.774. The standard InChI is InChI=1S/C13H21NO/c1-3-9-14(10-11-15)13-8-6-5-7-12(13)4-2/h5-8,15H,3-4,9-11H2,1-2H3.